The molecular weight excluding hydrogens is 598 g/mol. The lowest BCUT2D eigenvalue weighted by atomic mass is 10.1. The van der Waals surface area contributed by atoms with Gasteiger partial charge >= 0.3 is 18.1 Å². The molecule has 12 heteroatoms. The van der Waals surface area contributed by atoms with Gasteiger partial charge in [0.15, 0.2) is 0 Å². The number of amides is 3. The van der Waals surface area contributed by atoms with Crippen molar-refractivity contribution in [2.45, 2.75) is 65.7 Å². The van der Waals surface area contributed by atoms with Crippen LogP contribution in [0.2, 0.25) is 5.02 Å². The summed E-state index contributed by atoms with van der Waals surface area (Å²) >= 11 is 6.42. The van der Waals surface area contributed by atoms with Gasteiger partial charge in [-0.05, 0) is 90.9 Å². The van der Waals surface area contributed by atoms with Crippen LogP contribution in [0.3, 0.4) is 0 Å². The molecule has 0 saturated heterocycles. The Labute approximate surface area is 265 Å². The highest BCUT2D eigenvalue weighted by Gasteiger charge is 2.24. The van der Waals surface area contributed by atoms with E-state index in [9.17, 15) is 19.2 Å². The summed E-state index contributed by atoms with van der Waals surface area (Å²) in [5.74, 6) is -0.364. The maximum Gasteiger partial charge on any atom is 0.408 e. The molecule has 0 aliphatic heterocycles. The van der Waals surface area contributed by atoms with E-state index in [0.29, 0.717) is 16.9 Å². The number of rotatable bonds is 6. The molecule has 3 aromatic carbocycles. The number of carbonyl (C=O) groups excluding carboxylic acids is 3. The molecule has 4 rings (SSSR count). The quantitative estimate of drug-likeness (QED) is 0.190. The van der Waals surface area contributed by atoms with E-state index in [1.807, 2.05) is 0 Å². The highest BCUT2D eigenvalue weighted by molar-refractivity contribution is 6.35. The second-order valence-corrected chi connectivity index (χ2v) is 12.7. The van der Waals surface area contributed by atoms with Gasteiger partial charge < -0.3 is 25.4 Å². The number of halogens is 1. The first kappa shape index (κ1) is 33.0. The molecule has 1 heterocycles. The van der Waals surface area contributed by atoms with Crippen LogP contribution in [0, 0.1) is 0 Å². The summed E-state index contributed by atoms with van der Waals surface area (Å²) in [6, 6.07) is 16.6. The maximum atomic E-state index is 13.9. The zero-order valence-electron chi connectivity index (χ0n) is 26.2. The first-order chi connectivity index (χ1) is 21.0. The minimum Gasteiger partial charge on any atom is -0.456 e. The first-order valence-electron chi connectivity index (χ1n) is 14.2. The van der Waals surface area contributed by atoms with Crippen LogP contribution in [0.1, 0.15) is 70.7 Å². The van der Waals surface area contributed by atoms with Crippen molar-refractivity contribution in [3.05, 3.63) is 93.5 Å². The molecule has 45 heavy (non-hydrogen) atoms. The van der Waals surface area contributed by atoms with Crippen LogP contribution in [-0.2, 0) is 9.47 Å². The van der Waals surface area contributed by atoms with Crippen LogP contribution >= 0.6 is 11.6 Å². The average molecular weight is 634 g/mol. The number of ether oxygens (including phenoxy) is 2. The normalized spacial score (nSPS) is 12.3. The number of carbonyl (C=O) groups is 3. The second-order valence-electron chi connectivity index (χ2n) is 12.3. The average Bonchev–Trinajstić information content (AvgIpc) is 2.91. The molecule has 0 fully saturated rings. The number of anilines is 2. The summed E-state index contributed by atoms with van der Waals surface area (Å²) in [4.78, 5) is 57.0. The Morgan fingerprint density at radius 1 is 0.867 bits per heavy atom. The van der Waals surface area contributed by atoms with Crippen molar-refractivity contribution in [2.24, 2.45) is 0 Å². The number of alkyl carbamates (subject to hydrolysis) is 1. The highest BCUT2D eigenvalue weighted by atomic mass is 35.5. The lowest BCUT2D eigenvalue weighted by Crippen LogP contribution is -2.37. The van der Waals surface area contributed by atoms with Gasteiger partial charge in [-0.15, -0.1) is 0 Å². The molecule has 0 saturated carbocycles. The fourth-order valence-electron chi connectivity index (χ4n) is 4.41. The van der Waals surface area contributed by atoms with Crippen LogP contribution in [0.25, 0.3) is 16.6 Å². The summed E-state index contributed by atoms with van der Waals surface area (Å²) in [6.07, 6.45) is -0.680. The van der Waals surface area contributed by atoms with Crippen LogP contribution in [0.4, 0.5) is 21.0 Å². The number of urea groups is 1. The van der Waals surface area contributed by atoms with Crippen LogP contribution < -0.4 is 21.5 Å². The van der Waals surface area contributed by atoms with Crippen molar-refractivity contribution in [2.75, 3.05) is 10.6 Å². The monoisotopic (exact) mass is 633 g/mol. The molecule has 11 nitrogen and oxygen atoms in total. The number of nitrogens with one attached hydrogen (secondary N) is 3. The SMILES string of the molecule is CC(NC(=O)OC(C)(C)C)c1nc2cccc(Cl)c2c(=O)n1-c1cccc(NC(=O)Nc2ccccc2C(=O)OC(C)(C)C)c1. The number of aromatic nitrogens is 2. The minimum atomic E-state index is -0.764. The Kier molecular flexibility index (Phi) is 9.53. The predicted octanol–water partition coefficient (Wildman–Crippen LogP) is 7.22. The third-order valence-electron chi connectivity index (χ3n) is 6.15. The fraction of sp³-hybridized carbons (Fsp3) is 0.303. The predicted molar refractivity (Wildman–Crippen MR) is 174 cm³/mol. The summed E-state index contributed by atoms with van der Waals surface area (Å²) in [5, 5.41) is 8.58. The number of fused-ring (bicyclic) bond motifs is 1. The van der Waals surface area contributed by atoms with Gasteiger partial charge in [0.2, 0.25) is 0 Å². The lowest BCUT2D eigenvalue weighted by Gasteiger charge is -2.23. The summed E-state index contributed by atoms with van der Waals surface area (Å²) in [7, 11) is 0. The molecule has 0 spiro atoms. The minimum absolute atomic E-state index is 0.193. The fourth-order valence-corrected chi connectivity index (χ4v) is 4.66. The van der Waals surface area contributed by atoms with Crippen molar-refractivity contribution < 1.29 is 23.9 Å². The van der Waals surface area contributed by atoms with Crippen LogP contribution in [-0.4, -0.2) is 38.8 Å². The zero-order valence-corrected chi connectivity index (χ0v) is 26.9. The Morgan fingerprint density at radius 3 is 2.22 bits per heavy atom. The zero-order chi connectivity index (χ0) is 33.1. The molecule has 3 amide bonds. The van der Waals surface area contributed by atoms with Gasteiger partial charge in [0.25, 0.3) is 5.56 Å². The van der Waals surface area contributed by atoms with E-state index < -0.39 is 40.9 Å². The molecule has 3 N–H and O–H groups in total. The van der Waals surface area contributed by atoms with Gasteiger partial charge in [0.1, 0.15) is 17.0 Å². The Bertz CT molecular complexity index is 1820. The van der Waals surface area contributed by atoms with Gasteiger partial charge in [-0.2, -0.15) is 0 Å². The first-order valence-corrected chi connectivity index (χ1v) is 14.6. The van der Waals surface area contributed by atoms with Gasteiger partial charge in [-0.25, -0.2) is 19.4 Å². The number of hydrogen-bond donors (Lipinski definition) is 3. The number of hydrogen-bond acceptors (Lipinski definition) is 7. The highest BCUT2D eigenvalue weighted by Crippen LogP contribution is 2.25. The van der Waals surface area contributed by atoms with Gasteiger partial charge in [0.05, 0.1) is 38.9 Å². The lowest BCUT2D eigenvalue weighted by molar-refractivity contribution is 0.00704. The summed E-state index contributed by atoms with van der Waals surface area (Å²) in [5.41, 5.74) is -0.417. The number of nitrogens with zero attached hydrogens (tertiary/aromatic N) is 2. The molecule has 0 bridgehead atoms. The summed E-state index contributed by atoms with van der Waals surface area (Å²) in [6.45, 7) is 12.2. The molecule has 4 aromatic rings. The standard InChI is InChI=1S/C33H36ClN5O6/c1-19(35-31(43)45-33(5,6)7)27-37-25-17-11-15-23(34)26(25)28(40)39(27)21-13-10-12-20(18-21)36-30(42)38-24-16-9-8-14-22(24)29(41)44-32(2,3)4/h8-19H,1-7H3,(H,35,43)(H2,36,38,42). The van der Waals surface area contributed by atoms with Gasteiger partial charge in [0, 0.05) is 5.69 Å². The second kappa shape index (κ2) is 13.0. The van der Waals surface area contributed by atoms with Gasteiger partial charge in [-0.3, -0.25) is 9.36 Å². The van der Waals surface area contributed by atoms with Crippen molar-refractivity contribution in [1.82, 2.24) is 14.9 Å². The largest absolute Gasteiger partial charge is 0.456 e. The number of esters is 1. The van der Waals surface area contributed by atoms with E-state index >= 15 is 0 Å². The molecule has 236 valence electrons. The molecule has 1 unspecified atom stereocenters. The third-order valence-corrected chi connectivity index (χ3v) is 6.46. The van der Waals surface area contributed by atoms with Crippen molar-refractivity contribution in [3.63, 3.8) is 0 Å². The van der Waals surface area contributed by atoms with E-state index in [-0.39, 0.29) is 27.5 Å². The number of para-hydroxylation sites is 1. The van der Waals surface area contributed by atoms with E-state index in [0.717, 1.165) is 0 Å². The third kappa shape index (κ3) is 8.39. The Morgan fingerprint density at radius 2 is 1.53 bits per heavy atom. The molecule has 0 aliphatic carbocycles. The van der Waals surface area contributed by atoms with Gasteiger partial charge in [-0.1, -0.05) is 35.9 Å². The van der Waals surface area contributed by atoms with Crippen LogP contribution in [0.15, 0.2) is 71.5 Å². The van der Waals surface area contributed by atoms with Crippen molar-refractivity contribution >= 4 is 52.0 Å². The van der Waals surface area contributed by atoms with E-state index in [1.165, 1.54) is 4.57 Å². The molecular formula is C33H36ClN5O6. The molecule has 1 aromatic heterocycles. The molecule has 0 radical (unpaired) electrons. The Hall–Kier alpha value is -4.90. The maximum absolute atomic E-state index is 13.9. The Balaban J connectivity index is 1.68. The van der Waals surface area contributed by atoms with Crippen molar-refractivity contribution in [3.8, 4) is 5.69 Å². The topological polar surface area (TPSA) is 141 Å². The smallest absolute Gasteiger partial charge is 0.408 e. The molecule has 0 aliphatic rings. The van der Waals surface area contributed by atoms with Crippen LogP contribution in [0.5, 0.6) is 0 Å². The summed E-state index contributed by atoms with van der Waals surface area (Å²) < 4.78 is 12.2. The number of benzene rings is 3. The molecule has 1 atom stereocenters. The van der Waals surface area contributed by atoms with E-state index in [2.05, 4.69) is 20.9 Å². The van der Waals surface area contributed by atoms with Crippen molar-refractivity contribution in [1.29, 1.82) is 0 Å². The van der Waals surface area contributed by atoms with E-state index in [1.54, 1.807) is 115 Å². The van der Waals surface area contributed by atoms with E-state index in [4.69, 9.17) is 21.1 Å².